The lowest BCUT2D eigenvalue weighted by Crippen LogP contribution is -2.19. The third kappa shape index (κ3) is 4.82. The third-order valence-electron chi connectivity index (χ3n) is 3.28. The van der Waals surface area contributed by atoms with Crippen LogP contribution in [0.3, 0.4) is 0 Å². The maximum absolute atomic E-state index is 12.0. The van der Waals surface area contributed by atoms with Crippen LogP contribution >= 0.6 is 22.9 Å². The minimum absolute atomic E-state index is 0.339. The minimum Gasteiger partial charge on any atom is -0.340 e. The molecule has 4 N–H and O–H groups in total. The van der Waals surface area contributed by atoms with Crippen molar-refractivity contribution in [1.29, 1.82) is 5.41 Å². The standard InChI is InChI=1S/C18H15ClN4OS/c19-12-3-5-14(6-4-12)22-18(24)23-15-9-7-13(8-10-15)21-17(20)16-2-1-11-25-16/h1-11H,(H2,20,21)(H2,22,23,24). The number of rotatable bonds is 4. The van der Waals surface area contributed by atoms with Crippen LogP contribution < -0.4 is 16.0 Å². The number of benzene rings is 2. The highest BCUT2D eigenvalue weighted by Gasteiger charge is 2.05. The molecule has 3 aromatic rings. The van der Waals surface area contributed by atoms with Crippen molar-refractivity contribution in [2.45, 2.75) is 0 Å². The van der Waals surface area contributed by atoms with Crippen molar-refractivity contribution in [3.63, 3.8) is 0 Å². The van der Waals surface area contributed by atoms with E-state index in [-0.39, 0.29) is 6.03 Å². The number of hydrogen-bond acceptors (Lipinski definition) is 3. The number of amidine groups is 1. The molecule has 0 unspecified atom stereocenters. The number of halogens is 1. The second kappa shape index (κ2) is 7.83. The van der Waals surface area contributed by atoms with Crippen molar-refractivity contribution in [2.75, 3.05) is 16.0 Å². The van der Waals surface area contributed by atoms with Crippen molar-refractivity contribution >= 4 is 51.9 Å². The first-order chi connectivity index (χ1) is 12.1. The Morgan fingerprint density at radius 2 is 1.36 bits per heavy atom. The van der Waals surface area contributed by atoms with E-state index in [4.69, 9.17) is 17.0 Å². The molecule has 0 aliphatic rings. The van der Waals surface area contributed by atoms with Gasteiger partial charge in [0.2, 0.25) is 0 Å². The molecule has 2 aromatic carbocycles. The molecule has 5 nitrogen and oxygen atoms in total. The van der Waals surface area contributed by atoms with E-state index in [0.717, 1.165) is 10.6 Å². The van der Waals surface area contributed by atoms with Crippen LogP contribution in [0.4, 0.5) is 21.9 Å². The van der Waals surface area contributed by atoms with Gasteiger partial charge in [-0.2, -0.15) is 0 Å². The Kier molecular flexibility index (Phi) is 5.33. The maximum atomic E-state index is 12.0. The molecule has 0 fully saturated rings. The first-order valence-electron chi connectivity index (χ1n) is 7.43. The molecule has 0 saturated heterocycles. The summed E-state index contributed by atoms with van der Waals surface area (Å²) in [4.78, 5) is 12.8. The highest BCUT2D eigenvalue weighted by molar-refractivity contribution is 7.12. The SMILES string of the molecule is N=C(Nc1ccc(NC(=O)Nc2ccc(Cl)cc2)cc1)c1cccs1. The number of hydrogen-bond donors (Lipinski definition) is 4. The fraction of sp³-hybridized carbons (Fsp3) is 0. The summed E-state index contributed by atoms with van der Waals surface area (Å²) in [6, 6.07) is 17.5. The summed E-state index contributed by atoms with van der Waals surface area (Å²) in [5, 5.41) is 19.0. The molecule has 126 valence electrons. The molecule has 0 aliphatic carbocycles. The van der Waals surface area contributed by atoms with E-state index < -0.39 is 0 Å². The van der Waals surface area contributed by atoms with E-state index in [0.29, 0.717) is 22.2 Å². The van der Waals surface area contributed by atoms with Crippen molar-refractivity contribution < 1.29 is 4.79 Å². The normalized spacial score (nSPS) is 10.1. The number of amides is 2. The van der Waals surface area contributed by atoms with Gasteiger partial charge in [-0.1, -0.05) is 17.7 Å². The Labute approximate surface area is 154 Å². The quantitative estimate of drug-likeness (QED) is 0.362. The molecular formula is C18H15ClN4OS. The van der Waals surface area contributed by atoms with Crippen LogP contribution in [-0.4, -0.2) is 11.9 Å². The molecule has 1 aromatic heterocycles. The van der Waals surface area contributed by atoms with E-state index in [9.17, 15) is 4.79 Å². The molecule has 0 saturated carbocycles. The summed E-state index contributed by atoms with van der Waals surface area (Å²) in [6.07, 6.45) is 0. The lowest BCUT2D eigenvalue weighted by molar-refractivity contribution is 0.262. The predicted molar refractivity (Wildman–Crippen MR) is 105 cm³/mol. The second-order valence-corrected chi connectivity index (χ2v) is 6.52. The van der Waals surface area contributed by atoms with Crippen LogP contribution in [0.1, 0.15) is 4.88 Å². The van der Waals surface area contributed by atoms with Gasteiger partial charge in [0.25, 0.3) is 0 Å². The van der Waals surface area contributed by atoms with E-state index in [1.54, 1.807) is 48.5 Å². The van der Waals surface area contributed by atoms with Crippen LogP contribution in [-0.2, 0) is 0 Å². The van der Waals surface area contributed by atoms with Gasteiger partial charge < -0.3 is 16.0 Å². The van der Waals surface area contributed by atoms with Crippen LogP contribution in [0, 0.1) is 5.41 Å². The van der Waals surface area contributed by atoms with Crippen molar-refractivity contribution in [2.24, 2.45) is 0 Å². The van der Waals surface area contributed by atoms with Crippen LogP contribution in [0.25, 0.3) is 0 Å². The zero-order valence-corrected chi connectivity index (χ0v) is 14.6. The monoisotopic (exact) mass is 370 g/mol. The van der Waals surface area contributed by atoms with Crippen LogP contribution in [0.5, 0.6) is 0 Å². The summed E-state index contributed by atoms with van der Waals surface area (Å²) in [5.74, 6) is 0.344. The number of nitrogens with one attached hydrogen (secondary N) is 4. The van der Waals surface area contributed by atoms with Crippen molar-refractivity contribution in [3.8, 4) is 0 Å². The van der Waals surface area contributed by atoms with Crippen molar-refractivity contribution in [1.82, 2.24) is 0 Å². The average molecular weight is 371 g/mol. The number of carbonyl (C=O) groups excluding carboxylic acids is 1. The summed E-state index contributed by atoms with van der Waals surface area (Å²) in [7, 11) is 0. The highest BCUT2D eigenvalue weighted by atomic mass is 35.5. The molecule has 0 radical (unpaired) electrons. The fourth-order valence-corrected chi connectivity index (χ4v) is 2.85. The van der Waals surface area contributed by atoms with Gasteiger partial charge in [0.05, 0.1) is 4.88 Å². The molecule has 0 atom stereocenters. The van der Waals surface area contributed by atoms with Gasteiger partial charge in [-0.3, -0.25) is 5.41 Å². The topological polar surface area (TPSA) is 77.0 Å². The van der Waals surface area contributed by atoms with Crippen molar-refractivity contribution in [3.05, 3.63) is 75.9 Å². The summed E-state index contributed by atoms with van der Waals surface area (Å²) >= 11 is 7.32. The molecule has 7 heteroatoms. The first-order valence-corrected chi connectivity index (χ1v) is 8.69. The Morgan fingerprint density at radius 3 is 1.88 bits per heavy atom. The van der Waals surface area contributed by atoms with E-state index >= 15 is 0 Å². The lowest BCUT2D eigenvalue weighted by atomic mass is 10.2. The number of carbonyl (C=O) groups is 1. The van der Waals surface area contributed by atoms with E-state index in [1.165, 1.54) is 11.3 Å². The smallest absolute Gasteiger partial charge is 0.323 e. The third-order valence-corrected chi connectivity index (χ3v) is 4.42. The van der Waals surface area contributed by atoms with Gasteiger partial charge in [0.1, 0.15) is 5.84 Å². The minimum atomic E-state index is -0.339. The first kappa shape index (κ1) is 17.0. The lowest BCUT2D eigenvalue weighted by Gasteiger charge is -2.10. The zero-order chi connectivity index (χ0) is 17.6. The highest BCUT2D eigenvalue weighted by Crippen LogP contribution is 2.17. The summed E-state index contributed by atoms with van der Waals surface area (Å²) < 4.78 is 0. The number of thiophene rings is 1. The van der Waals surface area contributed by atoms with Gasteiger partial charge in [0, 0.05) is 22.1 Å². The summed E-state index contributed by atoms with van der Waals surface area (Å²) in [6.45, 7) is 0. The van der Waals surface area contributed by atoms with Crippen LogP contribution in [0.15, 0.2) is 66.0 Å². The molecule has 25 heavy (non-hydrogen) atoms. The Morgan fingerprint density at radius 1 is 0.840 bits per heavy atom. The molecule has 0 bridgehead atoms. The average Bonchev–Trinajstić information content (AvgIpc) is 3.13. The number of urea groups is 1. The van der Waals surface area contributed by atoms with Gasteiger partial charge in [-0.05, 0) is 60.0 Å². The van der Waals surface area contributed by atoms with Gasteiger partial charge in [-0.25, -0.2) is 4.79 Å². The molecule has 0 aliphatic heterocycles. The maximum Gasteiger partial charge on any atom is 0.323 e. The van der Waals surface area contributed by atoms with Gasteiger partial charge in [0.15, 0.2) is 0 Å². The van der Waals surface area contributed by atoms with Crippen LogP contribution in [0.2, 0.25) is 5.02 Å². The predicted octanol–water partition coefficient (Wildman–Crippen LogP) is 5.48. The number of anilines is 3. The Balaban J connectivity index is 1.56. The van der Waals surface area contributed by atoms with E-state index in [2.05, 4.69) is 16.0 Å². The summed E-state index contributed by atoms with van der Waals surface area (Å²) in [5.41, 5.74) is 2.09. The molecule has 1 heterocycles. The largest absolute Gasteiger partial charge is 0.340 e. The molecule has 3 rings (SSSR count). The second-order valence-electron chi connectivity index (χ2n) is 5.14. The zero-order valence-electron chi connectivity index (χ0n) is 13.0. The Bertz CT molecular complexity index is 861. The Hall–Kier alpha value is -2.83. The molecule has 2 amide bonds. The fourth-order valence-electron chi connectivity index (χ4n) is 2.09. The molecular weight excluding hydrogens is 356 g/mol. The van der Waals surface area contributed by atoms with Gasteiger partial charge >= 0.3 is 6.03 Å². The van der Waals surface area contributed by atoms with E-state index in [1.807, 2.05) is 17.5 Å². The van der Waals surface area contributed by atoms with Gasteiger partial charge in [-0.15, -0.1) is 11.3 Å². The molecule has 0 spiro atoms.